The van der Waals surface area contributed by atoms with Crippen molar-refractivity contribution in [2.24, 2.45) is 0 Å². The Hall–Kier alpha value is -3.03. The Kier molecular flexibility index (Phi) is 4.13. The summed E-state index contributed by atoms with van der Waals surface area (Å²) in [5, 5.41) is 8.96. The van der Waals surface area contributed by atoms with Crippen LogP contribution >= 0.6 is 0 Å². The quantitative estimate of drug-likeness (QED) is 0.882. The second kappa shape index (κ2) is 6.39. The monoisotopic (exact) mass is 313 g/mol. The molecule has 0 spiro atoms. The Morgan fingerprint density at radius 3 is 2.48 bits per heavy atom. The molecule has 3 heterocycles. The Bertz CT molecular complexity index is 714. The van der Waals surface area contributed by atoms with Crippen LogP contribution in [0.3, 0.4) is 0 Å². The first-order valence-electron chi connectivity index (χ1n) is 7.15. The highest BCUT2D eigenvalue weighted by Gasteiger charge is 2.23. The summed E-state index contributed by atoms with van der Waals surface area (Å²) in [5.41, 5.74) is 0.208. The molecule has 1 saturated heterocycles. The van der Waals surface area contributed by atoms with Gasteiger partial charge in [-0.05, 0) is 12.1 Å². The van der Waals surface area contributed by atoms with Gasteiger partial charge in [0.25, 0.3) is 5.91 Å². The third kappa shape index (κ3) is 3.25. The van der Waals surface area contributed by atoms with Crippen molar-refractivity contribution in [3.05, 3.63) is 48.2 Å². The first-order valence-corrected chi connectivity index (χ1v) is 7.15. The number of carbonyl (C=O) groups is 2. The Morgan fingerprint density at radius 1 is 1.04 bits per heavy atom. The molecule has 8 nitrogen and oxygen atoms in total. The maximum atomic E-state index is 12.5. The van der Waals surface area contributed by atoms with Crippen molar-refractivity contribution in [2.45, 2.75) is 0 Å². The zero-order valence-corrected chi connectivity index (χ0v) is 12.3. The maximum absolute atomic E-state index is 12.5. The molecule has 0 radical (unpaired) electrons. The minimum atomic E-state index is -1.15. The van der Waals surface area contributed by atoms with Gasteiger partial charge in [-0.25, -0.2) is 14.8 Å². The van der Waals surface area contributed by atoms with E-state index in [1.165, 1.54) is 18.3 Å². The molecule has 0 aliphatic carbocycles. The number of piperazine rings is 1. The van der Waals surface area contributed by atoms with E-state index < -0.39 is 5.97 Å². The molecular formula is C15H15N5O3. The average molecular weight is 313 g/mol. The lowest BCUT2D eigenvalue weighted by Gasteiger charge is -2.35. The van der Waals surface area contributed by atoms with Crippen LogP contribution in [0.4, 0.5) is 5.82 Å². The van der Waals surface area contributed by atoms with Gasteiger partial charge >= 0.3 is 5.97 Å². The number of carbonyl (C=O) groups excluding carboxylic acids is 1. The number of anilines is 1. The molecule has 1 N–H and O–H groups in total. The molecule has 3 rings (SSSR count). The molecule has 2 aromatic rings. The van der Waals surface area contributed by atoms with E-state index in [-0.39, 0.29) is 11.6 Å². The molecule has 0 atom stereocenters. The Labute approximate surface area is 132 Å². The summed E-state index contributed by atoms with van der Waals surface area (Å²) in [4.78, 5) is 39.2. The van der Waals surface area contributed by atoms with Gasteiger partial charge in [0.15, 0.2) is 0 Å². The van der Waals surface area contributed by atoms with Crippen molar-refractivity contribution < 1.29 is 14.7 Å². The molecule has 23 heavy (non-hydrogen) atoms. The number of nitrogens with zero attached hydrogens (tertiary/aromatic N) is 5. The molecule has 1 aliphatic heterocycles. The van der Waals surface area contributed by atoms with Gasteiger partial charge in [-0.3, -0.25) is 9.78 Å². The highest BCUT2D eigenvalue weighted by atomic mass is 16.4. The van der Waals surface area contributed by atoms with Crippen LogP contribution in [0, 0.1) is 0 Å². The van der Waals surface area contributed by atoms with Crippen LogP contribution in [0.25, 0.3) is 0 Å². The van der Waals surface area contributed by atoms with E-state index in [0.29, 0.717) is 31.7 Å². The predicted molar refractivity (Wildman–Crippen MR) is 81.3 cm³/mol. The molecule has 0 unspecified atom stereocenters. The van der Waals surface area contributed by atoms with Crippen molar-refractivity contribution >= 4 is 17.7 Å². The van der Waals surface area contributed by atoms with Crippen molar-refractivity contribution in [3.8, 4) is 0 Å². The summed E-state index contributed by atoms with van der Waals surface area (Å²) in [6, 6.07) is 2.84. The summed E-state index contributed by atoms with van der Waals surface area (Å²) in [5.74, 6) is -0.544. The summed E-state index contributed by atoms with van der Waals surface area (Å²) in [7, 11) is 0. The standard InChI is InChI=1S/C15H15N5O3/c21-14(11-1-2-17-12(9-11)15(22)23)20-7-5-19(6-8-20)13-10-16-3-4-18-13/h1-4,9-10H,5-8H2,(H,22,23). The largest absolute Gasteiger partial charge is 0.477 e. The number of aromatic nitrogens is 3. The van der Waals surface area contributed by atoms with Crippen LogP contribution in [-0.2, 0) is 0 Å². The van der Waals surface area contributed by atoms with E-state index in [1.54, 1.807) is 23.5 Å². The zero-order valence-electron chi connectivity index (χ0n) is 12.3. The second-order valence-electron chi connectivity index (χ2n) is 5.08. The molecule has 0 bridgehead atoms. The molecule has 1 aliphatic rings. The number of hydrogen-bond acceptors (Lipinski definition) is 6. The van der Waals surface area contributed by atoms with Gasteiger partial charge in [-0.1, -0.05) is 0 Å². The van der Waals surface area contributed by atoms with Gasteiger partial charge < -0.3 is 14.9 Å². The van der Waals surface area contributed by atoms with E-state index in [0.717, 1.165) is 5.82 Å². The molecule has 118 valence electrons. The number of hydrogen-bond donors (Lipinski definition) is 1. The van der Waals surface area contributed by atoms with E-state index in [4.69, 9.17) is 5.11 Å². The summed E-state index contributed by atoms with van der Waals surface area (Å²) < 4.78 is 0. The normalized spacial score (nSPS) is 14.6. The number of carboxylic acid groups (broad SMARTS) is 1. The summed E-state index contributed by atoms with van der Waals surface area (Å²) >= 11 is 0. The Balaban J connectivity index is 1.66. The number of pyridine rings is 1. The van der Waals surface area contributed by atoms with Gasteiger partial charge in [-0.15, -0.1) is 0 Å². The lowest BCUT2D eigenvalue weighted by atomic mass is 10.2. The third-order valence-electron chi connectivity index (χ3n) is 3.67. The molecule has 0 saturated carbocycles. The smallest absolute Gasteiger partial charge is 0.354 e. The van der Waals surface area contributed by atoms with Crippen LogP contribution in [0.2, 0.25) is 0 Å². The average Bonchev–Trinajstić information content (AvgIpc) is 2.62. The first kappa shape index (κ1) is 14.9. The fourth-order valence-corrected chi connectivity index (χ4v) is 2.46. The van der Waals surface area contributed by atoms with Crippen LogP contribution in [-0.4, -0.2) is 63.0 Å². The molecule has 0 aromatic carbocycles. The fraction of sp³-hybridized carbons (Fsp3) is 0.267. The number of rotatable bonds is 3. The first-order chi connectivity index (χ1) is 11.1. The van der Waals surface area contributed by atoms with Crippen molar-refractivity contribution in [3.63, 3.8) is 0 Å². The lowest BCUT2D eigenvalue weighted by Crippen LogP contribution is -2.49. The minimum absolute atomic E-state index is 0.131. The van der Waals surface area contributed by atoms with E-state index >= 15 is 0 Å². The highest BCUT2D eigenvalue weighted by molar-refractivity contribution is 5.96. The predicted octanol–water partition coefficient (Wildman–Crippen LogP) is 0.532. The molecule has 8 heteroatoms. The molecule has 1 fully saturated rings. The van der Waals surface area contributed by atoms with Gasteiger partial charge in [-0.2, -0.15) is 0 Å². The van der Waals surface area contributed by atoms with Crippen LogP contribution in [0.1, 0.15) is 20.8 Å². The van der Waals surface area contributed by atoms with Gasteiger partial charge in [0.05, 0.1) is 6.20 Å². The van der Waals surface area contributed by atoms with Crippen molar-refractivity contribution in [1.29, 1.82) is 0 Å². The van der Waals surface area contributed by atoms with Crippen LogP contribution in [0.15, 0.2) is 36.9 Å². The third-order valence-corrected chi connectivity index (χ3v) is 3.67. The SMILES string of the molecule is O=C(O)c1cc(C(=O)N2CCN(c3cnccn3)CC2)ccn1. The summed E-state index contributed by atoms with van der Waals surface area (Å²) in [6.45, 7) is 2.39. The molecule has 2 aromatic heterocycles. The number of amides is 1. The fourth-order valence-electron chi connectivity index (χ4n) is 2.46. The van der Waals surface area contributed by atoms with Crippen molar-refractivity contribution in [2.75, 3.05) is 31.1 Å². The van der Waals surface area contributed by atoms with Gasteiger partial charge in [0.1, 0.15) is 11.5 Å². The number of carboxylic acids is 1. The van der Waals surface area contributed by atoms with Crippen molar-refractivity contribution in [1.82, 2.24) is 19.9 Å². The van der Waals surface area contributed by atoms with Crippen LogP contribution < -0.4 is 4.90 Å². The minimum Gasteiger partial charge on any atom is -0.477 e. The van der Waals surface area contributed by atoms with Crippen LogP contribution in [0.5, 0.6) is 0 Å². The highest BCUT2D eigenvalue weighted by Crippen LogP contribution is 2.14. The molecular weight excluding hydrogens is 298 g/mol. The van der Waals surface area contributed by atoms with E-state index in [9.17, 15) is 9.59 Å². The lowest BCUT2D eigenvalue weighted by molar-refractivity contribution is 0.0690. The second-order valence-corrected chi connectivity index (χ2v) is 5.08. The number of aromatic carboxylic acids is 1. The zero-order chi connectivity index (χ0) is 16.2. The van der Waals surface area contributed by atoms with Gasteiger partial charge in [0, 0.05) is 50.3 Å². The summed E-state index contributed by atoms with van der Waals surface area (Å²) in [6.07, 6.45) is 6.29. The maximum Gasteiger partial charge on any atom is 0.354 e. The van der Waals surface area contributed by atoms with Gasteiger partial charge in [0.2, 0.25) is 0 Å². The Morgan fingerprint density at radius 2 is 1.83 bits per heavy atom. The topological polar surface area (TPSA) is 99.5 Å². The van der Waals surface area contributed by atoms with E-state index in [2.05, 4.69) is 19.9 Å². The van der Waals surface area contributed by atoms with E-state index in [1.807, 2.05) is 0 Å². The molecule has 1 amide bonds.